The molecule has 1 fully saturated rings. The number of carbonyl (C=O) groups is 1. The van der Waals surface area contributed by atoms with Crippen LogP contribution in [0.5, 0.6) is 0 Å². The fourth-order valence-electron chi connectivity index (χ4n) is 2.77. The molecule has 0 aliphatic carbocycles. The molecule has 5 heteroatoms. The third kappa shape index (κ3) is 3.77. The molecule has 1 aromatic heterocycles. The second-order valence-corrected chi connectivity index (χ2v) is 5.29. The number of fused-ring (bicyclic) bond motifs is 1. The van der Waals surface area contributed by atoms with Crippen molar-refractivity contribution < 1.29 is 9.53 Å². The van der Waals surface area contributed by atoms with Crippen molar-refractivity contribution >= 4 is 29.3 Å². The van der Waals surface area contributed by atoms with Crippen LogP contribution in [0, 0.1) is 0 Å². The van der Waals surface area contributed by atoms with Crippen LogP contribution in [0.3, 0.4) is 0 Å². The molecule has 0 unspecified atom stereocenters. The lowest BCUT2D eigenvalue weighted by atomic mass is 10.1. The summed E-state index contributed by atoms with van der Waals surface area (Å²) < 4.78 is 5.40. The zero-order valence-corrected chi connectivity index (χ0v) is 12.8. The molecule has 2 heterocycles. The average Bonchev–Trinajstić information content (AvgIpc) is 2.92. The summed E-state index contributed by atoms with van der Waals surface area (Å²) >= 11 is 0. The average molecular weight is 309 g/mol. The number of nitrogens with one attached hydrogen (secondary N) is 1. The molecular formula is C16H21ClN2O2. The van der Waals surface area contributed by atoms with Crippen LogP contribution in [-0.4, -0.2) is 42.1 Å². The Labute approximate surface area is 130 Å². The van der Waals surface area contributed by atoms with E-state index in [2.05, 4.69) is 9.88 Å². The highest BCUT2D eigenvalue weighted by atomic mass is 35.5. The Kier molecular flexibility index (Phi) is 5.65. The van der Waals surface area contributed by atoms with Crippen molar-refractivity contribution in [3.05, 3.63) is 36.0 Å². The first kappa shape index (κ1) is 15.9. The van der Waals surface area contributed by atoms with E-state index in [-0.39, 0.29) is 18.4 Å². The van der Waals surface area contributed by atoms with Crippen LogP contribution in [-0.2, 0) is 4.74 Å². The van der Waals surface area contributed by atoms with Gasteiger partial charge in [0.15, 0.2) is 0 Å². The summed E-state index contributed by atoms with van der Waals surface area (Å²) in [6.45, 7) is 3.57. The monoisotopic (exact) mass is 308 g/mol. The molecule has 21 heavy (non-hydrogen) atoms. The van der Waals surface area contributed by atoms with E-state index in [0.29, 0.717) is 12.2 Å². The number of halogens is 1. The fourth-order valence-corrected chi connectivity index (χ4v) is 2.77. The SMILES string of the molecule is Cl.O=C(OCCN1CCCCC1)c1c[nH]c2ccccc12. The topological polar surface area (TPSA) is 45.3 Å². The summed E-state index contributed by atoms with van der Waals surface area (Å²) in [5.41, 5.74) is 1.59. The summed E-state index contributed by atoms with van der Waals surface area (Å²) in [4.78, 5) is 17.6. The third-order valence-corrected chi connectivity index (χ3v) is 3.90. The largest absolute Gasteiger partial charge is 0.461 e. The van der Waals surface area contributed by atoms with Crippen LogP contribution in [0.25, 0.3) is 10.9 Å². The first-order valence-corrected chi connectivity index (χ1v) is 7.30. The molecule has 0 spiro atoms. The molecule has 0 amide bonds. The summed E-state index contributed by atoms with van der Waals surface area (Å²) in [7, 11) is 0. The van der Waals surface area contributed by atoms with Gasteiger partial charge < -0.3 is 9.72 Å². The Morgan fingerprint density at radius 3 is 2.76 bits per heavy atom. The minimum atomic E-state index is -0.237. The Morgan fingerprint density at radius 2 is 1.95 bits per heavy atom. The van der Waals surface area contributed by atoms with E-state index in [4.69, 9.17) is 4.74 Å². The summed E-state index contributed by atoms with van der Waals surface area (Å²) in [5, 5.41) is 0.926. The summed E-state index contributed by atoms with van der Waals surface area (Å²) in [6, 6.07) is 7.78. The maximum Gasteiger partial charge on any atom is 0.340 e. The number of nitrogens with zero attached hydrogens (tertiary/aromatic N) is 1. The minimum absolute atomic E-state index is 0. The zero-order valence-electron chi connectivity index (χ0n) is 12.0. The van der Waals surface area contributed by atoms with Crippen LogP contribution in [0.15, 0.2) is 30.5 Å². The van der Waals surface area contributed by atoms with Crippen molar-refractivity contribution in [2.24, 2.45) is 0 Å². The number of likely N-dealkylation sites (tertiary alicyclic amines) is 1. The van der Waals surface area contributed by atoms with Gasteiger partial charge in [0.05, 0.1) is 5.56 Å². The minimum Gasteiger partial charge on any atom is -0.461 e. The lowest BCUT2D eigenvalue weighted by Gasteiger charge is -2.25. The molecule has 0 saturated carbocycles. The quantitative estimate of drug-likeness (QED) is 0.882. The van der Waals surface area contributed by atoms with E-state index < -0.39 is 0 Å². The normalized spacial score (nSPS) is 15.6. The highest BCUT2D eigenvalue weighted by Gasteiger charge is 2.14. The highest BCUT2D eigenvalue weighted by molar-refractivity contribution is 6.03. The van der Waals surface area contributed by atoms with Gasteiger partial charge in [0, 0.05) is 23.6 Å². The van der Waals surface area contributed by atoms with E-state index in [1.165, 1.54) is 19.3 Å². The van der Waals surface area contributed by atoms with Crippen LogP contribution in [0.4, 0.5) is 0 Å². The first-order valence-electron chi connectivity index (χ1n) is 7.30. The smallest absolute Gasteiger partial charge is 0.340 e. The van der Waals surface area contributed by atoms with E-state index in [1.807, 2.05) is 24.3 Å². The highest BCUT2D eigenvalue weighted by Crippen LogP contribution is 2.18. The summed E-state index contributed by atoms with van der Waals surface area (Å²) in [5.74, 6) is -0.237. The second-order valence-electron chi connectivity index (χ2n) is 5.29. The molecule has 0 bridgehead atoms. The molecular weight excluding hydrogens is 288 g/mol. The van der Waals surface area contributed by atoms with E-state index in [0.717, 1.165) is 30.5 Å². The molecule has 2 aromatic rings. The number of aromatic nitrogens is 1. The van der Waals surface area contributed by atoms with Gasteiger partial charge in [0.2, 0.25) is 0 Å². The molecule has 1 aliphatic heterocycles. The number of hydrogen-bond acceptors (Lipinski definition) is 3. The van der Waals surface area contributed by atoms with Gasteiger partial charge in [-0.3, -0.25) is 4.90 Å². The number of hydrogen-bond donors (Lipinski definition) is 1. The zero-order chi connectivity index (χ0) is 13.8. The Morgan fingerprint density at radius 1 is 1.19 bits per heavy atom. The molecule has 1 N–H and O–H groups in total. The van der Waals surface area contributed by atoms with Crippen LogP contribution >= 0.6 is 12.4 Å². The van der Waals surface area contributed by atoms with Gasteiger partial charge in [0.1, 0.15) is 6.61 Å². The number of benzene rings is 1. The number of rotatable bonds is 4. The predicted octanol–water partition coefficient (Wildman–Crippen LogP) is 3.23. The fraction of sp³-hybridized carbons (Fsp3) is 0.438. The maximum absolute atomic E-state index is 12.1. The Bertz CT molecular complexity index is 591. The number of carbonyl (C=O) groups excluding carboxylic acids is 1. The number of para-hydroxylation sites is 1. The number of aromatic amines is 1. The number of esters is 1. The lowest BCUT2D eigenvalue weighted by Crippen LogP contribution is -2.33. The molecule has 0 atom stereocenters. The molecule has 114 valence electrons. The molecule has 4 nitrogen and oxygen atoms in total. The summed E-state index contributed by atoms with van der Waals surface area (Å²) in [6.07, 6.45) is 5.58. The predicted molar refractivity (Wildman–Crippen MR) is 86.1 cm³/mol. The van der Waals surface area contributed by atoms with E-state index in [1.54, 1.807) is 6.20 Å². The van der Waals surface area contributed by atoms with Gasteiger partial charge in [-0.2, -0.15) is 0 Å². The molecule has 1 saturated heterocycles. The molecule has 1 aromatic carbocycles. The molecule has 0 radical (unpaired) electrons. The van der Waals surface area contributed by atoms with E-state index >= 15 is 0 Å². The van der Waals surface area contributed by atoms with Gasteiger partial charge in [-0.15, -0.1) is 12.4 Å². The van der Waals surface area contributed by atoms with Crippen molar-refractivity contribution in [2.75, 3.05) is 26.2 Å². The van der Waals surface area contributed by atoms with Crippen molar-refractivity contribution in [3.63, 3.8) is 0 Å². The van der Waals surface area contributed by atoms with Gasteiger partial charge in [0.25, 0.3) is 0 Å². The van der Waals surface area contributed by atoms with Crippen molar-refractivity contribution in [1.82, 2.24) is 9.88 Å². The maximum atomic E-state index is 12.1. The van der Waals surface area contributed by atoms with Gasteiger partial charge in [-0.1, -0.05) is 24.6 Å². The first-order chi connectivity index (χ1) is 9.84. The van der Waals surface area contributed by atoms with E-state index in [9.17, 15) is 4.79 Å². The Hall–Kier alpha value is -1.52. The van der Waals surface area contributed by atoms with Gasteiger partial charge >= 0.3 is 5.97 Å². The third-order valence-electron chi connectivity index (χ3n) is 3.90. The Balaban J connectivity index is 0.00000161. The van der Waals surface area contributed by atoms with Crippen LogP contribution in [0.1, 0.15) is 29.6 Å². The lowest BCUT2D eigenvalue weighted by molar-refractivity contribution is 0.0454. The number of piperidine rings is 1. The second kappa shape index (κ2) is 7.48. The number of H-pyrrole nitrogens is 1. The molecule has 1 aliphatic rings. The van der Waals surface area contributed by atoms with Crippen LogP contribution in [0.2, 0.25) is 0 Å². The van der Waals surface area contributed by atoms with Gasteiger partial charge in [-0.25, -0.2) is 4.79 Å². The molecule has 3 rings (SSSR count). The standard InChI is InChI=1S/C16H20N2O2.ClH/c19-16(20-11-10-18-8-4-1-5-9-18)14-12-17-15-7-3-2-6-13(14)15;/h2-3,6-7,12,17H,1,4-5,8-11H2;1H. The van der Waals surface area contributed by atoms with Crippen molar-refractivity contribution in [2.45, 2.75) is 19.3 Å². The van der Waals surface area contributed by atoms with Gasteiger partial charge in [-0.05, 0) is 32.0 Å². The number of ether oxygens (including phenoxy) is 1. The van der Waals surface area contributed by atoms with Crippen LogP contribution < -0.4 is 0 Å². The van der Waals surface area contributed by atoms with Crippen molar-refractivity contribution in [1.29, 1.82) is 0 Å². The van der Waals surface area contributed by atoms with Crippen molar-refractivity contribution in [3.8, 4) is 0 Å².